The number of aromatic nitrogens is 4. The van der Waals surface area contributed by atoms with E-state index in [1.807, 2.05) is 44.2 Å². The Kier molecular flexibility index (Phi) is 13.0. The predicted octanol–water partition coefficient (Wildman–Crippen LogP) is 6.70. The van der Waals surface area contributed by atoms with Crippen LogP contribution in [0.4, 0.5) is 0 Å². The van der Waals surface area contributed by atoms with Crippen molar-refractivity contribution in [3.05, 3.63) is 152 Å². The van der Waals surface area contributed by atoms with E-state index in [1.54, 1.807) is 60.7 Å². The highest BCUT2D eigenvalue weighted by molar-refractivity contribution is 5.86. The quantitative estimate of drug-likeness (QED) is 0.130. The van der Waals surface area contributed by atoms with Crippen LogP contribution in [-0.4, -0.2) is 51.9 Å². The highest BCUT2D eigenvalue weighted by Crippen LogP contribution is 2.28. The molecule has 54 heavy (non-hydrogen) atoms. The Morgan fingerprint density at radius 2 is 1.06 bits per heavy atom. The standard InChI is InChI=1S/C21H20N2O4.C18H11N3O4.C2H6/c1-13(2)11-14-7-9-15(10-8-14)16-5-3-4-6-17(16)23-12-18(24)20(25)19(22-23)21(26)27;19-9-11-5-7-12(8-6-11)13-3-1-2-4-14(13)21-10-15(22)17(23)16(20-21)18(24)25;1-2/h3-10,12-13,24H,11H2,1-2H3,(H,26,27);1-8,10,22H,(H,24,25);1-2H3. The zero-order valence-electron chi connectivity index (χ0n) is 29.8. The van der Waals surface area contributed by atoms with Crippen LogP contribution in [0.15, 0.2) is 119 Å². The summed E-state index contributed by atoms with van der Waals surface area (Å²) in [4.78, 5) is 45.9. The van der Waals surface area contributed by atoms with Crippen LogP contribution >= 0.6 is 0 Å². The van der Waals surface area contributed by atoms with Crippen molar-refractivity contribution in [3.8, 4) is 51.2 Å². The fourth-order valence-corrected chi connectivity index (χ4v) is 5.33. The zero-order chi connectivity index (χ0) is 39.5. The molecule has 0 saturated carbocycles. The van der Waals surface area contributed by atoms with E-state index in [0.29, 0.717) is 28.4 Å². The lowest BCUT2D eigenvalue weighted by Gasteiger charge is -2.13. The lowest BCUT2D eigenvalue weighted by molar-refractivity contribution is 0.0675. The number of benzene rings is 4. The minimum atomic E-state index is -1.52. The van der Waals surface area contributed by atoms with Gasteiger partial charge in [0.05, 0.1) is 35.4 Å². The summed E-state index contributed by atoms with van der Waals surface area (Å²) in [6, 6.07) is 31.2. The van der Waals surface area contributed by atoms with Gasteiger partial charge >= 0.3 is 11.9 Å². The molecule has 2 heterocycles. The van der Waals surface area contributed by atoms with Gasteiger partial charge in [-0.25, -0.2) is 19.0 Å². The molecule has 0 atom stereocenters. The molecule has 0 aliphatic rings. The summed E-state index contributed by atoms with van der Waals surface area (Å²) in [7, 11) is 0. The Labute approximate surface area is 309 Å². The summed E-state index contributed by atoms with van der Waals surface area (Å²) in [5, 5.41) is 54.4. The number of nitrogens with zero attached hydrogens (tertiary/aromatic N) is 5. The van der Waals surface area contributed by atoms with E-state index >= 15 is 0 Å². The van der Waals surface area contributed by atoms with Crippen molar-refractivity contribution in [2.75, 3.05) is 0 Å². The van der Waals surface area contributed by atoms with Crippen LogP contribution in [-0.2, 0) is 6.42 Å². The zero-order valence-corrected chi connectivity index (χ0v) is 29.8. The minimum absolute atomic E-state index is 0.477. The number of carboxylic acid groups (broad SMARTS) is 2. The lowest BCUT2D eigenvalue weighted by atomic mass is 9.98. The number of carboxylic acids is 2. The third-order valence-corrected chi connectivity index (χ3v) is 7.74. The fraction of sp³-hybridized carbons (Fsp3) is 0.146. The van der Waals surface area contributed by atoms with Crippen LogP contribution in [0.2, 0.25) is 0 Å². The molecule has 6 rings (SSSR count). The highest BCUT2D eigenvalue weighted by atomic mass is 16.4. The van der Waals surface area contributed by atoms with Gasteiger partial charge in [-0.05, 0) is 53.3 Å². The second kappa shape index (κ2) is 17.7. The average molecular weight is 728 g/mol. The van der Waals surface area contributed by atoms with Crippen molar-refractivity contribution in [1.82, 2.24) is 19.6 Å². The molecular weight excluding hydrogens is 690 g/mol. The lowest BCUT2D eigenvalue weighted by Crippen LogP contribution is -2.21. The van der Waals surface area contributed by atoms with Gasteiger partial charge in [-0.2, -0.15) is 15.5 Å². The second-order valence-corrected chi connectivity index (χ2v) is 11.9. The van der Waals surface area contributed by atoms with E-state index in [-0.39, 0.29) is 0 Å². The van der Waals surface area contributed by atoms with Crippen molar-refractivity contribution >= 4 is 11.9 Å². The smallest absolute Gasteiger partial charge is 0.360 e. The van der Waals surface area contributed by atoms with Crippen molar-refractivity contribution in [1.29, 1.82) is 5.26 Å². The molecule has 2 aromatic heterocycles. The Morgan fingerprint density at radius 3 is 1.43 bits per heavy atom. The molecule has 4 N–H and O–H groups in total. The van der Waals surface area contributed by atoms with Gasteiger partial charge in [-0.3, -0.25) is 9.59 Å². The molecule has 0 unspecified atom stereocenters. The van der Waals surface area contributed by atoms with Crippen LogP contribution in [0, 0.1) is 17.2 Å². The van der Waals surface area contributed by atoms with Crippen LogP contribution in [0.3, 0.4) is 0 Å². The fourth-order valence-electron chi connectivity index (χ4n) is 5.33. The van der Waals surface area contributed by atoms with Gasteiger partial charge in [0.1, 0.15) is 0 Å². The monoisotopic (exact) mass is 727 g/mol. The molecular formula is C41H37N5O8. The van der Waals surface area contributed by atoms with Gasteiger partial charge in [0, 0.05) is 11.1 Å². The molecule has 13 nitrogen and oxygen atoms in total. The van der Waals surface area contributed by atoms with Crippen LogP contribution in [0.5, 0.6) is 11.5 Å². The third-order valence-electron chi connectivity index (χ3n) is 7.74. The number of aromatic hydroxyl groups is 2. The predicted molar refractivity (Wildman–Crippen MR) is 202 cm³/mol. The van der Waals surface area contributed by atoms with Gasteiger partial charge in [0.15, 0.2) is 11.5 Å². The average Bonchev–Trinajstić information content (AvgIpc) is 3.18. The van der Waals surface area contributed by atoms with Crippen molar-refractivity contribution in [3.63, 3.8) is 0 Å². The van der Waals surface area contributed by atoms with E-state index in [2.05, 4.69) is 36.2 Å². The summed E-state index contributed by atoms with van der Waals surface area (Å²) >= 11 is 0. The number of hydrogen-bond acceptors (Lipinski definition) is 9. The first-order chi connectivity index (χ1) is 25.9. The maximum atomic E-state index is 11.8. The van der Waals surface area contributed by atoms with E-state index in [0.717, 1.165) is 40.2 Å². The van der Waals surface area contributed by atoms with E-state index in [4.69, 9.17) is 15.5 Å². The van der Waals surface area contributed by atoms with E-state index in [1.165, 1.54) is 10.2 Å². The number of carbonyl (C=O) groups is 2. The maximum Gasteiger partial charge on any atom is 0.360 e. The number of aromatic carboxylic acids is 2. The molecule has 0 aliphatic heterocycles. The summed E-state index contributed by atoms with van der Waals surface area (Å²) < 4.78 is 2.37. The molecule has 6 aromatic rings. The van der Waals surface area contributed by atoms with E-state index in [9.17, 15) is 29.4 Å². The first-order valence-electron chi connectivity index (χ1n) is 16.8. The van der Waals surface area contributed by atoms with Crippen LogP contribution in [0.25, 0.3) is 33.6 Å². The number of hydrogen-bond donors (Lipinski definition) is 4. The molecule has 0 amide bonds. The van der Waals surface area contributed by atoms with Gasteiger partial charge < -0.3 is 20.4 Å². The molecule has 0 aliphatic carbocycles. The first kappa shape index (κ1) is 39.5. The van der Waals surface area contributed by atoms with Crippen molar-refractivity contribution in [2.45, 2.75) is 34.1 Å². The van der Waals surface area contributed by atoms with Gasteiger partial charge in [0.25, 0.3) is 10.9 Å². The largest absolute Gasteiger partial charge is 0.503 e. The van der Waals surface area contributed by atoms with Gasteiger partial charge in [-0.1, -0.05) is 100 Å². The van der Waals surface area contributed by atoms with Crippen molar-refractivity contribution in [2.24, 2.45) is 5.92 Å². The van der Waals surface area contributed by atoms with E-state index < -0.39 is 45.7 Å². The van der Waals surface area contributed by atoms with Gasteiger partial charge in [0.2, 0.25) is 11.4 Å². The number of para-hydroxylation sites is 2. The summed E-state index contributed by atoms with van der Waals surface area (Å²) in [5.41, 5.74) is 2.44. The molecule has 4 aromatic carbocycles. The summed E-state index contributed by atoms with van der Waals surface area (Å²) in [6.07, 6.45) is 3.18. The SMILES string of the molecule is CC.CC(C)Cc1ccc(-c2ccccc2-n2cc(O)c(=O)c(C(=O)O)n2)cc1.N#Cc1ccc(-c2ccccc2-n2cc(O)c(=O)c(C(=O)O)n2)cc1. The Balaban J connectivity index is 0.000000231. The second-order valence-electron chi connectivity index (χ2n) is 11.9. The molecule has 0 fully saturated rings. The van der Waals surface area contributed by atoms with Crippen LogP contribution in [0.1, 0.15) is 59.8 Å². The van der Waals surface area contributed by atoms with Gasteiger partial charge in [-0.15, -0.1) is 0 Å². The first-order valence-corrected chi connectivity index (χ1v) is 16.8. The number of nitriles is 1. The normalized spacial score (nSPS) is 10.3. The Hall–Kier alpha value is -7.33. The maximum absolute atomic E-state index is 11.8. The third kappa shape index (κ3) is 9.12. The highest BCUT2D eigenvalue weighted by Gasteiger charge is 2.19. The summed E-state index contributed by atoms with van der Waals surface area (Å²) in [6.45, 7) is 8.33. The molecule has 0 bridgehead atoms. The Morgan fingerprint density at radius 1 is 0.667 bits per heavy atom. The topological polar surface area (TPSA) is 209 Å². The molecule has 0 spiro atoms. The van der Waals surface area contributed by atoms with Crippen LogP contribution < -0.4 is 10.9 Å². The van der Waals surface area contributed by atoms with Crippen molar-refractivity contribution < 1.29 is 30.0 Å². The minimum Gasteiger partial charge on any atom is -0.503 e. The number of rotatable bonds is 8. The Bertz CT molecular complexity index is 2450. The molecule has 0 radical (unpaired) electrons. The molecule has 274 valence electrons. The summed E-state index contributed by atoms with van der Waals surface area (Å²) in [5.74, 6) is -3.82. The molecule has 0 saturated heterocycles. The molecule has 13 heteroatoms.